The molecule has 1 amide bonds. The molecule has 1 aromatic heterocycles. The van der Waals surface area contributed by atoms with Crippen molar-refractivity contribution in [3.63, 3.8) is 0 Å². The number of anilines is 1. The maximum Gasteiger partial charge on any atom is 0.303 e. The van der Waals surface area contributed by atoms with Crippen molar-refractivity contribution < 1.29 is 24.2 Å². The van der Waals surface area contributed by atoms with Gasteiger partial charge in [0.2, 0.25) is 5.91 Å². The van der Waals surface area contributed by atoms with Gasteiger partial charge in [-0.2, -0.15) is 0 Å². The Morgan fingerprint density at radius 3 is 2.68 bits per heavy atom. The summed E-state index contributed by atoms with van der Waals surface area (Å²) in [5.41, 5.74) is 0.564. The largest absolute Gasteiger partial charge is 0.481 e. The molecule has 3 rings (SSSR count). The molecule has 8 heteroatoms. The first kappa shape index (κ1) is 17.6. The third-order valence-corrected chi connectivity index (χ3v) is 5.02. The lowest BCUT2D eigenvalue weighted by atomic mass is 9.90. The first-order chi connectivity index (χ1) is 11.9. The van der Waals surface area contributed by atoms with E-state index in [4.69, 9.17) is 5.11 Å². The molecule has 2 fully saturated rings. The lowest BCUT2D eigenvalue weighted by molar-refractivity contribution is -0.138. The lowest BCUT2D eigenvalue weighted by Gasteiger charge is -2.33. The Morgan fingerprint density at radius 1 is 1.36 bits per heavy atom. The van der Waals surface area contributed by atoms with Crippen LogP contribution in [0.5, 0.6) is 0 Å². The summed E-state index contributed by atoms with van der Waals surface area (Å²) in [6.45, 7) is 1.15. The number of nitrogens with zero attached hydrogens (tertiary/aromatic N) is 2. The van der Waals surface area contributed by atoms with Gasteiger partial charge in [0.15, 0.2) is 11.6 Å². The second kappa shape index (κ2) is 7.35. The normalized spacial score (nSPS) is 24.9. The van der Waals surface area contributed by atoms with Crippen LogP contribution in [0.15, 0.2) is 12.3 Å². The first-order valence-corrected chi connectivity index (χ1v) is 8.53. The second-order valence-corrected chi connectivity index (χ2v) is 6.76. The number of carboxylic acid groups (broad SMARTS) is 1. The molecule has 136 valence electrons. The summed E-state index contributed by atoms with van der Waals surface area (Å²) in [5, 5.41) is 21.3. The molecule has 0 aliphatic carbocycles. The number of aliphatic carboxylic acids is 1. The number of nitrogens with one attached hydrogen (secondary N) is 1. The predicted molar refractivity (Wildman–Crippen MR) is 87.5 cm³/mol. The fourth-order valence-corrected chi connectivity index (χ4v) is 3.61. The Bertz CT molecular complexity index is 661. The van der Waals surface area contributed by atoms with E-state index in [1.54, 1.807) is 6.20 Å². The zero-order chi connectivity index (χ0) is 18.0. The summed E-state index contributed by atoms with van der Waals surface area (Å²) in [4.78, 5) is 28.1. The van der Waals surface area contributed by atoms with Crippen molar-refractivity contribution in [3.05, 3.63) is 23.6 Å². The average molecular weight is 351 g/mol. The molecule has 0 spiro atoms. The van der Waals surface area contributed by atoms with E-state index in [2.05, 4.69) is 10.3 Å². The molecule has 25 heavy (non-hydrogen) atoms. The number of aliphatic hydroxyl groups is 1. The number of carbonyl (C=O) groups excluding carboxylic acids is 1. The van der Waals surface area contributed by atoms with E-state index in [1.165, 1.54) is 6.07 Å². The minimum atomic E-state index is -1.03. The van der Waals surface area contributed by atoms with Crippen LogP contribution in [0.3, 0.4) is 0 Å². The van der Waals surface area contributed by atoms with E-state index in [0.717, 1.165) is 0 Å². The van der Waals surface area contributed by atoms with Gasteiger partial charge >= 0.3 is 5.97 Å². The minimum absolute atomic E-state index is 0.122. The van der Waals surface area contributed by atoms with Gasteiger partial charge in [-0.3, -0.25) is 9.59 Å². The van der Waals surface area contributed by atoms with Gasteiger partial charge < -0.3 is 20.4 Å². The fourth-order valence-electron chi connectivity index (χ4n) is 3.61. The van der Waals surface area contributed by atoms with E-state index in [1.807, 2.05) is 4.90 Å². The van der Waals surface area contributed by atoms with Crippen LogP contribution in [0, 0.1) is 11.7 Å². The van der Waals surface area contributed by atoms with E-state index < -0.39 is 18.0 Å². The van der Waals surface area contributed by atoms with Crippen LogP contribution in [0.25, 0.3) is 0 Å². The van der Waals surface area contributed by atoms with Gasteiger partial charge in [0.05, 0.1) is 0 Å². The van der Waals surface area contributed by atoms with Crippen molar-refractivity contribution in [2.24, 2.45) is 5.92 Å². The number of hydrogen-bond acceptors (Lipinski definition) is 5. The van der Waals surface area contributed by atoms with Crippen molar-refractivity contribution in [1.29, 1.82) is 0 Å². The summed E-state index contributed by atoms with van der Waals surface area (Å²) in [5.74, 6) is -1.46. The zero-order valence-corrected chi connectivity index (χ0v) is 13.8. The van der Waals surface area contributed by atoms with Gasteiger partial charge in [-0.15, -0.1) is 0 Å². The van der Waals surface area contributed by atoms with E-state index in [9.17, 15) is 19.1 Å². The molecule has 7 nitrogen and oxygen atoms in total. The van der Waals surface area contributed by atoms with Crippen molar-refractivity contribution in [2.45, 2.75) is 44.2 Å². The molecule has 3 N–H and O–H groups in total. The third kappa shape index (κ3) is 4.07. The van der Waals surface area contributed by atoms with Gasteiger partial charge in [-0.05, 0) is 36.8 Å². The highest BCUT2D eigenvalue weighted by Crippen LogP contribution is 2.31. The number of rotatable bonds is 4. The topological polar surface area (TPSA) is 103 Å². The molecule has 0 saturated carbocycles. The summed E-state index contributed by atoms with van der Waals surface area (Å²) in [7, 11) is 0. The average Bonchev–Trinajstić information content (AvgIpc) is 2.55. The number of hydrogen-bond donors (Lipinski definition) is 3. The maximum atomic E-state index is 14.5. The molecular weight excluding hydrogens is 329 g/mol. The third-order valence-electron chi connectivity index (χ3n) is 5.02. The van der Waals surface area contributed by atoms with Crippen LogP contribution in [0.1, 0.15) is 43.6 Å². The number of amides is 1. The van der Waals surface area contributed by atoms with Gasteiger partial charge in [0, 0.05) is 38.0 Å². The quantitative estimate of drug-likeness (QED) is 0.754. The number of aliphatic hydroxyl groups excluding tert-OH is 1. The van der Waals surface area contributed by atoms with Crippen molar-refractivity contribution in [3.8, 4) is 0 Å². The molecule has 3 heterocycles. The standard InChI is InChI=1S/C17H22FN3O4/c18-13-8-11(12-1-2-14(22)20-17(12)25)9-19-16(13)21-5-3-10(4-6-21)7-15(23)24/h8-10,12,17,25H,1-7H2,(H,20,22)(H,23,24). The number of pyridine rings is 1. The summed E-state index contributed by atoms with van der Waals surface area (Å²) in [6, 6.07) is 1.37. The van der Waals surface area contributed by atoms with Crippen molar-refractivity contribution in [1.82, 2.24) is 10.3 Å². The molecule has 0 radical (unpaired) electrons. The molecule has 2 atom stereocenters. The Kier molecular flexibility index (Phi) is 5.17. The predicted octanol–water partition coefficient (Wildman–Crippen LogP) is 1.22. The summed E-state index contributed by atoms with van der Waals surface area (Å²) < 4.78 is 14.5. The molecule has 2 unspecified atom stereocenters. The van der Waals surface area contributed by atoms with Crippen LogP contribution in [-0.4, -0.2) is 46.4 Å². The van der Waals surface area contributed by atoms with E-state index >= 15 is 0 Å². The fraction of sp³-hybridized carbons (Fsp3) is 0.588. The number of halogens is 1. The van der Waals surface area contributed by atoms with Gasteiger partial charge in [0.25, 0.3) is 0 Å². The maximum absolute atomic E-state index is 14.5. The monoisotopic (exact) mass is 351 g/mol. The molecule has 2 aliphatic rings. The Labute approximate surface area is 144 Å². The molecule has 0 aromatic carbocycles. The van der Waals surface area contributed by atoms with Crippen LogP contribution in [0.4, 0.5) is 10.2 Å². The molecule has 0 bridgehead atoms. The Balaban J connectivity index is 1.66. The molecule has 1 aromatic rings. The minimum Gasteiger partial charge on any atom is -0.481 e. The highest BCUT2D eigenvalue weighted by molar-refractivity contribution is 5.77. The smallest absolute Gasteiger partial charge is 0.303 e. The number of carbonyl (C=O) groups is 2. The van der Waals surface area contributed by atoms with Crippen LogP contribution in [0.2, 0.25) is 0 Å². The lowest BCUT2D eigenvalue weighted by Crippen LogP contribution is -2.43. The summed E-state index contributed by atoms with van der Waals surface area (Å²) >= 11 is 0. The summed E-state index contributed by atoms with van der Waals surface area (Å²) in [6.07, 6.45) is 2.81. The second-order valence-electron chi connectivity index (χ2n) is 6.76. The van der Waals surface area contributed by atoms with Gasteiger partial charge in [0.1, 0.15) is 6.23 Å². The van der Waals surface area contributed by atoms with Crippen LogP contribution >= 0.6 is 0 Å². The molecule has 2 saturated heterocycles. The van der Waals surface area contributed by atoms with Crippen LogP contribution < -0.4 is 10.2 Å². The highest BCUT2D eigenvalue weighted by atomic mass is 19.1. The van der Waals surface area contributed by atoms with E-state index in [0.29, 0.717) is 44.3 Å². The van der Waals surface area contributed by atoms with E-state index in [-0.39, 0.29) is 30.0 Å². The number of aromatic nitrogens is 1. The molecule has 2 aliphatic heterocycles. The Morgan fingerprint density at radius 2 is 2.08 bits per heavy atom. The zero-order valence-electron chi connectivity index (χ0n) is 13.8. The van der Waals surface area contributed by atoms with Crippen LogP contribution in [-0.2, 0) is 9.59 Å². The molecular formula is C17H22FN3O4. The highest BCUT2D eigenvalue weighted by Gasteiger charge is 2.30. The van der Waals surface area contributed by atoms with Gasteiger partial charge in [-0.1, -0.05) is 0 Å². The van der Waals surface area contributed by atoms with Crippen molar-refractivity contribution in [2.75, 3.05) is 18.0 Å². The van der Waals surface area contributed by atoms with Gasteiger partial charge in [-0.25, -0.2) is 9.37 Å². The van der Waals surface area contributed by atoms with Crippen molar-refractivity contribution >= 4 is 17.7 Å². The Hall–Kier alpha value is -2.22. The first-order valence-electron chi connectivity index (χ1n) is 8.53. The SMILES string of the molecule is O=C(O)CC1CCN(c2ncc(C3CCC(=O)NC3O)cc2F)CC1. The number of carboxylic acids is 1. The number of piperidine rings is 2.